The van der Waals surface area contributed by atoms with Gasteiger partial charge in [0.05, 0.1) is 0 Å². The number of aryl methyl sites for hydroxylation is 1. The molecule has 1 unspecified atom stereocenters. The molecule has 1 saturated heterocycles. The zero-order valence-corrected chi connectivity index (χ0v) is 15.4. The molecular weight excluding hydrogens is 304 g/mol. The molecule has 2 rings (SSSR count). The predicted octanol–water partition coefficient (Wildman–Crippen LogP) is 3.13. The maximum Gasteiger partial charge on any atom is 0.322 e. The maximum absolute atomic E-state index is 11.7. The summed E-state index contributed by atoms with van der Waals surface area (Å²) < 4.78 is 0. The van der Waals surface area contributed by atoms with E-state index in [2.05, 4.69) is 52.2 Å². The quantitative estimate of drug-likeness (QED) is 0.744. The van der Waals surface area contributed by atoms with Crippen molar-refractivity contribution >= 4 is 11.9 Å². The minimum atomic E-state index is -0.484. The standard InChI is InChI=1S/C19H28N2O3/c1-18(2,3)12-9-11(10-13(15(12)22)19(4,5)6)7-8-14-16(23)21-17(24)20-14/h9-10,14,22H,7-8H2,1-6H3,(H2,20,21,23,24). The van der Waals surface area contributed by atoms with Gasteiger partial charge < -0.3 is 10.4 Å². The number of nitrogens with one attached hydrogen (secondary N) is 2. The van der Waals surface area contributed by atoms with Crippen molar-refractivity contribution in [3.05, 3.63) is 28.8 Å². The van der Waals surface area contributed by atoms with Crippen molar-refractivity contribution in [1.82, 2.24) is 10.6 Å². The fraction of sp³-hybridized carbons (Fsp3) is 0.579. The van der Waals surface area contributed by atoms with E-state index in [1.807, 2.05) is 12.1 Å². The van der Waals surface area contributed by atoms with Gasteiger partial charge in [-0.2, -0.15) is 0 Å². The van der Waals surface area contributed by atoms with Crippen molar-refractivity contribution in [2.75, 3.05) is 0 Å². The van der Waals surface area contributed by atoms with E-state index in [0.717, 1.165) is 16.7 Å². The Morgan fingerprint density at radius 1 is 1.00 bits per heavy atom. The van der Waals surface area contributed by atoms with Crippen LogP contribution < -0.4 is 10.6 Å². The number of hydrogen-bond donors (Lipinski definition) is 3. The van der Waals surface area contributed by atoms with E-state index in [0.29, 0.717) is 18.6 Å². The lowest BCUT2D eigenvalue weighted by atomic mass is 9.78. The van der Waals surface area contributed by atoms with Crippen LogP contribution in [0, 0.1) is 0 Å². The molecule has 3 N–H and O–H groups in total. The van der Waals surface area contributed by atoms with Gasteiger partial charge in [0.1, 0.15) is 11.8 Å². The Balaban J connectivity index is 2.33. The van der Waals surface area contributed by atoms with Crippen LogP contribution in [0.5, 0.6) is 5.75 Å². The molecule has 1 aromatic rings. The Hall–Kier alpha value is -2.04. The largest absolute Gasteiger partial charge is 0.507 e. The monoisotopic (exact) mass is 332 g/mol. The fourth-order valence-electron chi connectivity index (χ4n) is 2.96. The van der Waals surface area contributed by atoms with E-state index in [1.54, 1.807) is 0 Å². The lowest BCUT2D eigenvalue weighted by molar-refractivity contribution is -0.120. The molecule has 0 aromatic heterocycles. The van der Waals surface area contributed by atoms with E-state index >= 15 is 0 Å². The van der Waals surface area contributed by atoms with Gasteiger partial charge in [-0.05, 0) is 40.4 Å². The van der Waals surface area contributed by atoms with Gasteiger partial charge in [0.2, 0.25) is 0 Å². The van der Waals surface area contributed by atoms with Crippen molar-refractivity contribution in [1.29, 1.82) is 0 Å². The van der Waals surface area contributed by atoms with Crippen molar-refractivity contribution < 1.29 is 14.7 Å². The minimum Gasteiger partial charge on any atom is -0.507 e. The lowest BCUT2D eigenvalue weighted by Crippen LogP contribution is -2.29. The molecule has 24 heavy (non-hydrogen) atoms. The molecule has 1 heterocycles. The first-order valence-corrected chi connectivity index (χ1v) is 8.38. The molecule has 1 aliphatic heterocycles. The molecule has 1 aliphatic rings. The summed E-state index contributed by atoms with van der Waals surface area (Å²) in [7, 11) is 0. The molecule has 5 heteroatoms. The van der Waals surface area contributed by atoms with E-state index in [4.69, 9.17) is 0 Å². The summed E-state index contributed by atoms with van der Waals surface area (Å²) in [5, 5.41) is 15.6. The number of rotatable bonds is 3. The molecule has 132 valence electrons. The lowest BCUT2D eigenvalue weighted by Gasteiger charge is -2.28. The Morgan fingerprint density at radius 2 is 1.50 bits per heavy atom. The second-order valence-electron chi connectivity index (χ2n) is 8.59. The molecule has 0 aliphatic carbocycles. The summed E-state index contributed by atoms with van der Waals surface area (Å²) in [5.41, 5.74) is 2.52. The molecule has 3 amide bonds. The normalized spacial score (nSPS) is 18.5. The number of phenols is 1. The summed E-state index contributed by atoms with van der Waals surface area (Å²) in [5.74, 6) is 0.0801. The molecule has 0 saturated carbocycles. The Labute approximate surface area is 143 Å². The smallest absolute Gasteiger partial charge is 0.322 e. The molecule has 5 nitrogen and oxygen atoms in total. The maximum atomic E-state index is 11.7. The third kappa shape index (κ3) is 3.89. The molecule has 1 atom stereocenters. The first-order chi connectivity index (χ1) is 10.9. The Bertz CT molecular complexity index is 631. The zero-order valence-electron chi connectivity index (χ0n) is 15.4. The SMILES string of the molecule is CC(C)(C)c1cc(CCC2NC(=O)NC2=O)cc(C(C)(C)C)c1O. The van der Waals surface area contributed by atoms with Crippen molar-refractivity contribution in [3.8, 4) is 5.75 Å². The first-order valence-electron chi connectivity index (χ1n) is 8.38. The van der Waals surface area contributed by atoms with Gasteiger partial charge in [-0.15, -0.1) is 0 Å². The van der Waals surface area contributed by atoms with Gasteiger partial charge in [0.15, 0.2) is 0 Å². The second kappa shape index (κ2) is 6.11. The molecular formula is C19H28N2O3. The summed E-state index contributed by atoms with van der Waals surface area (Å²) >= 11 is 0. The Morgan fingerprint density at radius 3 is 1.88 bits per heavy atom. The van der Waals surface area contributed by atoms with E-state index in [-0.39, 0.29) is 16.7 Å². The predicted molar refractivity (Wildman–Crippen MR) is 94.3 cm³/mol. The van der Waals surface area contributed by atoms with Crippen molar-refractivity contribution in [3.63, 3.8) is 0 Å². The first kappa shape index (κ1) is 18.3. The van der Waals surface area contributed by atoms with Gasteiger partial charge in [-0.25, -0.2) is 4.79 Å². The average Bonchev–Trinajstić information content (AvgIpc) is 2.73. The molecule has 0 spiro atoms. The highest BCUT2D eigenvalue weighted by atomic mass is 16.3. The van der Waals surface area contributed by atoms with Gasteiger partial charge in [0, 0.05) is 0 Å². The van der Waals surface area contributed by atoms with Crippen LogP contribution in [-0.4, -0.2) is 23.1 Å². The Kier molecular flexibility index (Phi) is 4.66. The average molecular weight is 332 g/mol. The molecule has 0 bridgehead atoms. The van der Waals surface area contributed by atoms with Crippen LogP contribution in [-0.2, 0) is 22.0 Å². The van der Waals surface area contributed by atoms with Crippen LogP contribution in [0.4, 0.5) is 4.79 Å². The van der Waals surface area contributed by atoms with Crippen molar-refractivity contribution in [2.45, 2.75) is 71.3 Å². The summed E-state index contributed by atoms with van der Waals surface area (Å²) in [6, 6.07) is 3.11. The highest BCUT2D eigenvalue weighted by Crippen LogP contribution is 2.40. The number of imide groups is 1. The van der Waals surface area contributed by atoms with E-state index in [1.165, 1.54) is 0 Å². The van der Waals surface area contributed by atoms with E-state index < -0.39 is 12.1 Å². The number of aromatic hydroxyl groups is 1. The van der Waals surface area contributed by atoms with Crippen LogP contribution in [0.3, 0.4) is 0 Å². The van der Waals surface area contributed by atoms with Gasteiger partial charge >= 0.3 is 6.03 Å². The summed E-state index contributed by atoms with van der Waals surface area (Å²) in [4.78, 5) is 22.9. The summed E-state index contributed by atoms with van der Waals surface area (Å²) in [6.45, 7) is 12.4. The number of carbonyl (C=O) groups excluding carboxylic acids is 2. The van der Waals surface area contributed by atoms with Gasteiger partial charge in [0.25, 0.3) is 5.91 Å². The van der Waals surface area contributed by atoms with E-state index in [9.17, 15) is 14.7 Å². The van der Waals surface area contributed by atoms with Gasteiger partial charge in [-0.3, -0.25) is 10.1 Å². The highest BCUT2D eigenvalue weighted by molar-refractivity contribution is 6.04. The fourth-order valence-corrected chi connectivity index (χ4v) is 2.96. The van der Waals surface area contributed by atoms with Crippen molar-refractivity contribution in [2.24, 2.45) is 0 Å². The molecule has 0 radical (unpaired) electrons. The number of hydrogen-bond acceptors (Lipinski definition) is 3. The highest BCUT2D eigenvalue weighted by Gasteiger charge is 2.30. The third-order valence-electron chi connectivity index (χ3n) is 4.37. The minimum absolute atomic E-state index is 0.182. The summed E-state index contributed by atoms with van der Waals surface area (Å²) in [6.07, 6.45) is 1.19. The number of urea groups is 1. The molecule has 1 aromatic carbocycles. The van der Waals surface area contributed by atoms with Crippen LogP contribution in [0.1, 0.15) is 64.7 Å². The molecule has 1 fully saturated rings. The number of benzene rings is 1. The van der Waals surface area contributed by atoms with Gasteiger partial charge in [-0.1, -0.05) is 53.7 Å². The number of amides is 3. The van der Waals surface area contributed by atoms with Crippen LogP contribution in [0.15, 0.2) is 12.1 Å². The second-order valence-corrected chi connectivity index (χ2v) is 8.59. The van der Waals surface area contributed by atoms with Crippen LogP contribution in [0.25, 0.3) is 0 Å². The zero-order chi connectivity index (χ0) is 18.3. The third-order valence-corrected chi connectivity index (χ3v) is 4.37. The topological polar surface area (TPSA) is 78.4 Å². The van der Waals surface area contributed by atoms with Crippen LogP contribution >= 0.6 is 0 Å². The number of phenolic OH excluding ortho intramolecular Hbond substituents is 1. The number of carbonyl (C=O) groups is 2. The van der Waals surface area contributed by atoms with Crippen LogP contribution in [0.2, 0.25) is 0 Å².